The van der Waals surface area contributed by atoms with Gasteiger partial charge < -0.3 is 15.2 Å². The molecule has 0 unspecified atom stereocenters. The van der Waals surface area contributed by atoms with Crippen molar-refractivity contribution in [2.24, 2.45) is 5.92 Å². The van der Waals surface area contributed by atoms with Crippen LogP contribution in [0.1, 0.15) is 75.9 Å². The van der Waals surface area contributed by atoms with Crippen molar-refractivity contribution < 1.29 is 14.2 Å². The van der Waals surface area contributed by atoms with Gasteiger partial charge in [0.05, 0.1) is 12.2 Å². The second-order valence-corrected chi connectivity index (χ2v) is 8.94. The summed E-state index contributed by atoms with van der Waals surface area (Å²) in [5.74, 6) is 0.549. The van der Waals surface area contributed by atoms with Crippen molar-refractivity contribution in [2.75, 3.05) is 7.11 Å². The van der Waals surface area contributed by atoms with Crippen molar-refractivity contribution in [2.45, 2.75) is 87.5 Å². The van der Waals surface area contributed by atoms with Crippen LogP contribution in [-0.4, -0.2) is 29.4 Å². The molecule has 2 saturated heterocycles. The van der Waals surface area contributed by atoms with Gasteiger partial charge in [0.2, 0.25) is 0 Å². The van der Waals surface area contributed by atoms with Gasteiger partial charge in [0, 0.05) is 18.2 Å². The van der Waals surface area contributed by atoms with Gasteiger partial charge in [0.1, 0.15) is 5.82 Å². The molecular formula is C22H32FNO2. The summed E-state index contributed by atoms with van der Waals surface area (Å²) in [6.45, 7) is 0. The zero-order chi connectivity index (χ0) is 18.2. The van der Waals surface area contributed by atoms with Gasteiger partial charge in [-0.1, -0.05) is 12.1 Å². The number of methoxy groups -OCH3 is 1. The summed E-state index contributed by atoms with van der Waals surface area (Å²) < 4.78 is 19.1. The first-order valence-electron chi connectivity index (χ1n) is 10.3. The molecule has 144 valence electrons. The van der Waals surface area contributed by atoms with E-state index in [0.717, 1.165) is 31.6 Å². The van der Waals surface area contributed by atoms with E-state index >= 15 is 0 Å². The maximum absolute atomic E-state index is 13.6. The fraction of sp³-hybridized carbons (Fsp3) is 0.727. The molecule has 2 heterocycles. The van der Waals surface area contributed by atoms with Crippen LogP contribution in [0.25, 0.3) is 0 Å². The number of aliphatic hydroxyl groups excluding tert-OH is 1. The zero-order valence-corrected chi connectivity index (χ0v) is 15.8. The van der Waals surface area contributed by atoms with Gasteiger partial charge in [0.15, 0.2) is 0 Å². The van der Waals surface area contributed by atoms with Crippen LogP contribution in [-0.2, 0) is 4.74 Å². The fourth-order valence-corrected chi connectivity index (χ4v) is 5.74. The molecule has 0 aromatic heterocycles. The lowest BCUT2D eigenvalue weighted by Gasteiger charge is -2.32. The molecule has 2 aliphatic heterocycles. The van der Waals surface area contributed by atoms with Crippen molar-refractivity contribution in [3.63, 3.8) is 0 Å². The van der Waals surface area contributed by atoms with Gasteiger partial charge in [-0.15, -0.1) is 0 Å². The van der Waals surface area contributed by atoms with Crippen LogP contribution in [0.3, 0.4) is 0 Å². The molecule has 2 bridgehead atoms. The molecule has 3 fully saturated rings. The molecule has 0 radical (unpaired) electrons. The van der Waals surface area contributed by atoms with Crippen LogP contribution >= 0.6 is 0 Å². The van der Waals surface area contributed by atoms with Crippen LogP contribution in [0.5, 0.6) is 0 Å². The van der Waals surface area contributed by atoms with E-state index in [1.165, 1.54) is 50.7 Å². The Morgan fingerprint density at radius 1 is 1.19 bits per heavy atom. The number of halogens is 1. The van der Waals surface area contributed by atoms with E-state index in [-0.39, 0.29) is 16.9 Å². The first kappa shape index (κ1) is 18.4. The first-order chi connectivity index (χ1) is 12.5. The Morgan fingerprint density at radius 3 is 2.58 bits per heavy atom. The minimum atomic E-state index is -0.625. The van der Waals surface area contributed by atoms with Crippen LogP contribution in [0, 0.1) is 11.7 Å². The molecule has 1 saturated carbocycles. The first-order valence-corrected chi connectivity index (χ1v) is 10.3. The van der Waals surface area contributed by atoms with E-state index in [1.807, 2.05) is 13.2 Å². The summed E-state index contributed by atoms with van der Waals surface area (Å²) in [5.41, 5.74) is 0.626. The van der Waals surface area contributed by atoms with Crippen molar-refractivity contribution in [1.82, 2.24) is 5.32 Å². The zero-order valence-electron chi connectivity index (χ0n) is 15.8. The summed E-state index contributed by atoms with van der Waals surface area (Å²) in [7, 11) is 1.83. The highest BCUT2D eigenvalue weighted by atomic mass is 19.1. The second kappa shape index (κ2) is 7.21. The summed E-state index contributed by atoms with van der Waals surface area (Å²) in [5, 5.41) is 14.8. The minimum Gasteiger partial charge on any atom is -0.386 e. The Bertz CT molecular complexity index is 618. The van der Waals surface area contributed by atoms with Crippen LogP contribution in [0.15, 0.2) is 24.3 Å². The number of fused-ring (bicyclic) bond motifs is 2. The number of hydrogen-bond acceptors (Lipinski definition) is 3. The molecule has 1 aromatic carbocycles. The number of rotatable bonds is 6. The average Bonchev–Trinajstić information content (AvgIpc) is 3.24. The second-order valence-electron chi connectivity index (χ2n) is 8.94. The standard InChI is InChI=1S/C22H32FNO2/c1-26-19-7-5-16(6-8-19)9-10-21-11-13-22(24-21,14-12-21)20(25)17-3-2-4-18(23)15-17/h2-4,15-16,19-20,24-25H,5-14H2,1H3/t16-,19-,20-,21?,22?/m1/s1. The minimum absolute atomic E-state index is 0.187. The third-order valence-electron chi connectivity index (χ3n) is 7.46. The molecular weight excluding hydrogens is 329 g/mol. The van der Waals surface area contributed by atoms with E-state index in [0.29, 0.717) is 11.7 Å². The predicted molar refractivity (Wildman–Crippen MR) is 100 cm³/mol. The molecule has 0 spiro atoms. The number of benzene rings is 1. The largest absolute Gasteiger partial charge is 0.386 e. The monoisotopic (exact) mass is 361 g/mol. The molecule has 0 amide bonds. The lowest BCUT2D eigenvalue weighted by molar-refractivity contribution is 0.0539. The highest BCUT2D eigenvalue weighted by Gasteiger charge is 2.56. The number of hydrogen-bond donors (Lipinski definition) is 2. The number of aliphatic hydroxyl groups is 1. The summed E-state index contributed by atoms with van der Waals surface area (Å²) in [4.78, 5) is 0. The van der Waals surface area contributed by atoms with E-state index in [4.69, 9.17) is 4.74 Å². The predicted octanol–water partition coefficient (Wildman–Crippen LogP) is 4.50. The summed E-state index contributed by atoms with van der Waals surface area (Å²) in [6.07, 6.45) is 11.5. The highest BCUT2D eigenvalue weighted by Crippen LogP contribution is 2.52. The Labute approximate surface area is 156 Å². The molecule has 4 heteroatoms. The van der Waals surface area contributed by atoms with Crippen LogP contribution in [0.4, 0.5) is 4.39 Å². The molecule has 1 atom stereocenters. The maximum atomic E-state index is 13.6. The van der Waals surface area contributed by atoms with E-state index in [1.54, 1.807) is 6.07 Å². The van der Waals surface area contributed by atoms with Crippen molar-refractivity contribution >= 4 is 0 Å². The lowest BCUT2D eigenvalue weighted by atomic mass is 9.74. The third kappa shape index (κ3) is 3.44. The molecule has 1 aromatic rings. The van der Waals surface area contributed by atoms with Crippen LogP contribution in [0.2, 0.25) is 0 Å². The lowest BCUT2D eigenvalue weighted by Crippen LogP contribution is -2.46. The normalized spacial score (nSPS) is 37.8. The van der Waals surface area contributed by atoms with Gasteiger partial charge in [-0.05, 0) is 87.8 Å². The van der Waals surface area contributed by atoms with Crippen molar-refractivity contribution in [1.29, 1.82) is 0 Å². The smallest absolute Gasteiger partial charge is 0.123 e. The quantitative estimate of drug-likeness (QED) is 0.784. The van der Waals surface area contributed by atoms with Gasteiger partial charge >= 0.3 is 0 Å². The molecule has 26 heavy (non-hydrogen) atoms. The summed E-state index contributed by atoms with van der Waals surface area (Å²) in [6, 6.07) is 6.45. The number of ether oxygens (including phenoxy) is 1. The Kier molecular flexibility index (Phi) is 5.10. The van der Waals surface area contributed by atoms with Crippen molar-refractivity contribution in [3.05, 3.63) is 35.6 Å². The van der Waals surface area contributed by atoms with E-state index in [9.17, 15) is 9.50 Å². The van der Waals surface area contributed by atoms with Gasteiger partial charge in [-0.25, -0.2) is 4.39 Å². The highest BCUT2D eigenvalue weighted by molar-refractivity contribution is 5.27. The van der Waals surface area contributed by atoms with E-state index < -0.39 is 6.10 Å². The molecule has 1 aliphatic carbocycles. The molecule has 3 nitrogen and oxygen atoms in total. The number of nitrogens with one attached hydrogen (secondary N) is 1. The van der Waals surface area contributed by atoms with E-state index in [2.05, 4.69) is 5.32 Å². The maximum Gasteiger partial charge on any atom is 0.123 e. The van der Waals surface area contributed by atoms with Gasteiger partial charge in [-0.3, -0.25) is 0 Å². The van der Waals surface area contributed by atoms with Gasteiger partial charge in [0.25, 0.3) is 0 Å². The molecule has 4 rings (SSSR count). The topological polar surface area (TPSA) is 41.5 Å². The van der Waals surface area contributed by atoms with Crippen molar-refractivity contribution in [3.8, 4) is 0 Å². The Morgan fingerprint density at radius 2 is 1.92 bits per heavy atom. The third-order valence-corrected chi connectivity index (χ3v) is 7.46. The molecule has 3 aliphatic rings. The fourth-order valence-electron chi connectivity index (χ4n) is 5.74. The van der Waals surface area contributed by atoms with Crippen LogP contribution < -0.4 is 5.32 Å². The SMILES string of the molecule is CO[C@H]1CC[C@H](CCC23CCC([C@H](O)c4cccc(F)c4)(CC2)N3)CC1. The van der Waals surface area contributed by atoms with Gasteiger partial charge in [-0.2, -0.15) is 0 Å². The Balaban J connectivity index is 1.36. The average molecular weight is 362 g/mol. The Hall–Kier alpha value is -0.970. The molecule has 2 N–H and O–H groups in total. The summed E-state index contributed by atoms with van der Waals surface area (Å²) >= 11 is 0.